The molecule has 0 bridgehead atoms. The van der Waals surface area contributed by atoms with Gasteiger partial charge >= 0.3 is 6.09 Å². The fourth-order valence-electron chi connectivity index (χ4n) is 4.39. The number of hydrogen-bond donors (Lipinski definition) is 0. The van der Waals surface area contributed by atoms with E-state index in [0.717, 1.165) is 19.4 Å². The molecule has 3 rings (SSSR count). The van der Waals surface area contributed by atoms with Gasteiger partial charge in [-0.2, -0.15) is 0 Å². The average Bonchev–Trinajstić information content (AvgIpc) is 3.04. The molecule has 132 valence electrons. The van der Waals surface area contributed by atoms with E-state index in [0.29, 0.717) is 17.9 Å². The average molecular weight is 329 g/mol. The first-order chi connectivity index (χ1) is 11.4. The number of nitrogens with zero attached hydrogens (tertiary/aromatic N) is 1. The zero-order valence-corrected chi connectivity index (χ0v) is 15.3. The molecule has 1 saturated heterocycles. The lowest BCUT2D eigenvalue weighted by Gasteiger charge is -2.37. The van der Waals surface area contributed by atoms with E-state index in [9.17, 15) is 4.79 Å². The number of amides is 1. The Morgan fingerprint density at radius 2 is 1.71 bits per heavy atom. The molecule has 0 spiro atoms. The summed E-state index contributed by atoms with van der Waals surface area (Å²) in [4.78, 5) is 14.5. The van der Waals surface area contributed by atoms with Crippen molar-refractivity contribution in [3.8, 4) is 0 Å². The van der Waals surface area contributed by atoms with Gasteiger partial charge in [0, 0.05) is 12.6 Å². The van der Waals surface area contributed by atoms with Crippen molar-refractivity contribution in [1.82, 2.24) is 4.90 Å². The minimum atomic E-state index is -0.408. The van der Waals surface area contributed by atoms with Crippen molar-refractivity contribution in [3.63, 3.8) is 0 Å². The molecule has 1 aliphatic heterocycles. The SMILES string of the molecule is CC(C)(C)OC(=O)N1CCC[C@H]1C1CCC(c2ccccc2)CC1. The van der Waals surface area contributed by atoms with Gasteiger partial charge in [-0.05, 0) is 76.7 Å². The summed E-state index contributed by atoms with van der Waals surface area (Å²) < 4.78 is 5.62. The van der Waals surface area contributed by atoms with Gasteiger partial charge in [0.25, 0.3) is 0 Å². The highest BCUT2D eigenvalue weighted by Gasteiger charge is 2.38. The summed E-state index contributed by atoms with van der Waals surface area (Å²) in [5, 5.41) is 0. The summed E-state index contributed by atoms with van der Waals surface area (Å²) in [6, 6.07) is 11.3. The van der Waals surface area contributed by atoms with Gasteiger partial charge in [0.15, 0.2) is 0 Å². The predicted molar refractivity (Wildman–Crippen MR) is 97.1 cm³/mol. The molecule has 3 nitrogen and oxygen atoms in total. The zero-order valence-electron chi connectivity index (χ0n) is 15.3. The number of carbonyl (C=O) groups excluding carboxylic acids is 1. The Morgan fingerprint density at radius 1 is 1.04 bits per heavy atom. The van der Waals surface area contributed by atoms with Crippen molar-refractivity contribution in [2.75, 3.05) is 6.54 Å². The Hall–Kier alpha value is -1.51. The Kier molecular flexibility index (Phi) is 5.17. The molecule has 1 atom stereocenters. The number of benzene rings is 1. The molecule has 1 aromatic rings. The Labute approximate surface area is 146 Å². The monoisotopic (exact) mass is 329 g/mol. The van der Waals surface area contributed by atoms with Crippen molar-refractivity contribution >= 4 is 6.09 Å². The van der Waals surface area contributed by atoms with Crippen molar-refractivity contribution in [2.24, 2.45) is 5.92 Å². The van der Waals surface area contributed by atoms with Crippen LogP contribution in [0.3, 0.4) is 0 Å². The van der Waals surface area contributed by atoms with Gasteiger partial charge in [0.05, 0.1) is 0 Å². The fourth-order valence-corrected chi connectivity index (χ4v) is 4.39. The molecular formula is C21H31NO2. The third-order valence-corrected chi connectivity index (χ3v) is 5.51. The molecule has 1 aliphatic carbocycles. The van der Waals surface area contributed by atoms with Crippen molar-refractivity contribution < 1.29 is 9.53 Å². The largest absolute Gasteiger partial charge is 0.444 e. The smallest absolute Gasteiger partial charge is 0.410 e. The first-order valence-corrected chi connectivity index (χ1v) is 9.48. The van der Waals surface area contributed by atoms with Gasteiger partial charge in [0.1, 0.15) is 5.60 Å². The molecule has 0 N–H and O–H groups in total. The molecule has 1 amide bonds. The van der Waals surface area contributed by atoms with Crippen LogP contribution in [0.25, 0.3) is 0 Å². The van der Waals surface area contributed by atoms with Crippen molar-refractivity contribution in [3.05, 3.63) is 35.9 Å². The van der Waals surface area contributed by atoms with Crippen LogP contribution in [-0.2, 0) is 4.74 Å². The molecule has 2 aliphatic rings. The maximum atomic E-state index is 12.5. The lowest BCUT2D eigenvalue weighted by atomic mass is 9.75. The minimum absolute atomic E-state index is 0.116. The maximum Gasteiger partial charge on any atom is 0.410 e. The molecule has 24 heavy (non-hydrogen) atoms. The zero-order chi connectivity index (χ0) is 17.2. The van der Waals surface area contributed by atoms with Crippen molar-refractivity contribution in [1.29, 1.82) is 0 Å². The molecule has 3 heteroatoms. The second-order valence-electron chi connectivity index (χ2n) is 8.41. The number of rotatable bonds is 2. The number of likely N-dealkylation sites (tertiary alicyclic amines) is 1. The lowest BCUT2D eigenvalue weighted by molar-refractivity contribution is 0.0154. The standard InChI is InChI=1S/C21H31NO2/c1-21(2,3)24-20(23)22-15-7-10-19(22)18-13-11-17(12-14-18)16-8-5-4-6-9-16/h4-6,8-9,17-19H,7,10-15H2,1-3H3/t17?,18?,19-/m0/s1. The van der Waals surface area contributed by atoms with Crippen LogP contribution in [0, 0.1) is 5.92 Å². The van der Waals surface area contributed by atoms with E-state index in [4.69, 9.17) is 4.74 Å². The molecule has 0 aromatic heterocycles. The lowest BCUT2D eigenvalue weighted by Crippen LogP contribution is -2.43. The highest BCUT2D eigenvalue weighted by molar-refractivity contribution is 5.69. The third kappa shape index (κ3) is 4.12. The third-order valence-electron chi connectivity index (χ3n) is 5.51. The van der Waals surface area contributed by atoms with Gasteiger partial charge in [-0.3, -0.25) is 0 Å². The van der Waals surface area contributed by atoms with Crippen LogP contribution in [0.5, 0.6) is 0 Å². The summed E-state index contributed by atoms with van der Waals surface area (Å²) in [6.45, 7) is 6.70. The molecule has 0 radical (unpaired) electrons. The summed E-state index contributed by atoms with van der Waals surface area (Å²) in [5.41, 5.74) is 1.07. The minimum Gasteiger partial charge on any atom is -0.444 e. The molecule has 1 saturated carbocycles. The van der Waals surface area contributed by atoms with Crippen LogP contribution < -0.4 is 0 Å². The van der Waals surface area contributed by atoms with E-state index in [1.807, 2.05) is 25.7 Å². The first-order valence-electron chi connectivity index (χ1n) is 9.48. The maximum absolute atomic E-state index is 12.5. The van der Waals surface area contributed by atoms with Crippen LogP contribution in [0.15, 0.2) is 30.3 Å². The van der Waals surface area contributed by atoms with E-state index in [2.05, 4.69) is 30.3 Å². The summed E-state index contributed by atoms with van der Waals surface area (Å²) >= 11 is 0. The predicted octanol–water partition coefficient (Wildman–Crippen LogP) is 5.36. The van der Waals surface area contributed by atoms with Gasteiger partial charge < -0.3 is 9.64 Å². The van der Waals surface area contributed by atoms with Crippen LogP contribution in [0.4, 0.5) is 4.79 Å². The Bertz CT molecular complexity index is 541. The fraction of sp³-hybridized carbons (Fsp3) is 0.667. The van der Waals surface area contributed by atoms with E-state index >= 15 is 0 Å². The number of hydrogen-bond acceptors (Lipinski definition) is 2. The van der Waals surface area contributed by atoms with Gasteiger partial charge in [-0.1, -0.05) is 30.3 Å². The Morgan fingerprint density at radius 3 is 2.33 bits per heavy atom. The van der Waals surface area contributed by atoms with Gasteiger partial charge in [0.2, 0.25) is 0 Å². The quantitative estimate of drug-likeness (QED) is 0.731. The summed E-state index contributed by atoms with van der Waals surface area (Å²) in [5.74, 6) is 1.33. The molecule has 2 fully saturated rings. The topological polar surface area (TPSA) is 29.5 Å². The second kappa shape index (κ2) is 7.16. The highest BCUT2D eigenvalue weighted by atomic mass is 16.6. The molecule has 0 unspecified atom stereocenters. The highest BCUT2D eigenvalue weighted by Crippen LogP contribution is 2.40. The first kappa shape index (κ1) is 17.3. The van der Waals surface area contributed by atoms with Gasteiger partial charge in [-0.25, -0.2) is 4.79 Å². The van der Waals surface area contributed by atoms with Crippen LogP contribution >= 0.6 is 0 Å². The van der Waals surface area contributed by atoms with Crippen LogP contribution in [-0.4, -0.2) is 29.2 Å². The molecular weight excluding hydrogens is 298 g/mol. The normalized spacial score (nSPS) is 28.0. The van der Waals surface area contributed by atoms with E-state index in [1.54, 1.807) is 0 Å². The Balaban J connectivity index is 1.58. The van der Waals surface area contributed by atoms with E-state index in [1.165, 1.54) is 31.2 Å². The second-order valence-corrected chi connectivity index (χ2v) is 8.41. The van der Waals surface area contributed by atoms with Crippen LogP contribution in [0.2, 0.25) is 0 Å². The van der Waals surface area contributed by atoms with Gasteiger partial charge in [-0.15, -0.1) is 0 Å². The van der Waals surface area contributed by atoms with E-state index in [-0.39, 0.29) is 6.09 Å². The molecule has 1 aromatic carbocycles. The summed E-state index contributed by atoms with van der Waals surface area (Å²) in [7, 11) is 0. The molecule has 1 heterocycles. The van der Waals surface area contributed by atoms with Crippen LogP contribution in [0.1, 0.15) is 70.8 Å². The summed E-state index contributed by atoms with van der Waals surface area (Å²) in [6.07, 6.45) is 7.08. The van der Waals surface area contributed by atoms with E-state index < -0.39 is 5.60 Å². The van der Waals surface area contributed by atoms with Crippen molar-refractivity contribution in [2.45, 2.75) is 76.9 Å². The number of carbonyl (C=O) groups is 1. The number of ether oxygens (including phenoxy) is 1.